The highest BCUT2D eigenvalue weighted by atomic mass is 16.1. The first-order chi connectivity index (χ1) is 10.2. The summed E-state index contributed by atoms with van der Waals surface area (Å²) in [5.41, 5.74) is 3.72. The van der Waals surface area contributed by atoms with Crippen LogP contribution in [0.2, 0.25) is 0 Å². The first-order valence-electron chi connectivity index (χ1n) is 6.42. The number of aromatic nitrogens is 2. The molecule has 0 saturated heterocycles. The number of rotatable bonds is 2. The summed E-state index contributed by atoms with van der Waals surface area (Å²) >= 11 is 0. The van der Waals surface area contributed by atoms with E-state index in [1.165, 1.54) is 0 Å². The maximum Gasteiger partial charge on any atom is 0.251 e. The summed E-state index contributed by atoms with van der Waals surface area (Å²) in [6.07, 6.45) is 3.39. The molecule has 0 spiro atoms. The lowest BCUT2D eigenvalue weighted by Crippen LogP contribution is -2.17. The molecule has 0 atom stereocenters. The second kappa shape index (κ2) is 5.10. The van der Waals surface area contributed by atoms with Gasteiger partial charge in [-0.1, -0.05) is 12.1 Å². The zero-order valence-corrected chi connectivity index (χ0v) is 11.3. The van der Waals surface area contributed by atoms with Crippen LogP contribution in [-0.4, -0.2) is 22.9 Å². The lowest BCUT2D eigenvalue weighted by molar-refractivity contribution is 0.0963. The number of carbonyl (C=O) groups excluding carboxylic acids is 1. The number of carbonyl (C=O) groups is 1. The van der Waals surface area contributed by atoms with Crippen molar-refractivity contribution in [2.45, 2.75) is 0 Å². The van der Waals surface area contributed by atoms with Crippen LogP contribution in [0.1, 0.15) is 15.9 Å². The average molecular weight is 276 g/mol. The number of H-pyrrole nitrogens is 1. The van der Waals surface area contributed by atoms with Gasteiger partial charge in [-0.15, -0.1) is 0 Å². The zero-order valence-electron chi connectivity index (χ0n) is 11.3. The van der Waals surface area contributed by atoms with Gasteiger partial charge in [-0.2, -0.15) is 5.26 Å². The van der Waals surface area contributed by atoms with Gasteiger partial charge in [0.05, 0.1) is 5.56 Å². The number of amides is 1. The van der Waals surface area contributed by atoms with Crippen molar-refractivity contribution in [2.75, 3.05) is 7.05 Å². The van der Waals surface area contributed by atoms with Gasteiger partial charge in [0.25, 0.3) is 5.91 Å². The first kappa shape index (κ1) is 12.9. The van der Waals surface area contributed by atoms with Gasteiger partial charge in [0.2, 0.25) is 0 Å². The Morgan fingerprint density at radius 1 is 1.29 bits per heavy atom. The molecule has 0 unspecified atom stereocenters. The van der Waals surface area contributed by atoms with Gasteiger partial charge in [-0.3, -0.25) is 4.79 Å². The molecular formula is C16H12N4O. The fourth-order valence-electron chi connectivity index (χ4n) is 2.21. The van der Waals surface area contributed by atoms with Crippen LogP contribution in [0.4, 0.5) is 0 Å². The molecule has 1 aromatic carbocycles. The van der Waals surface area contributed by atoms with Crippen molar-refractivity contribution < 1.29 is 4.79 Å². The van der Waals surface area contributed by atoms with E-state index >= 15 is 0 Å². The summed E-state index contributed by atoms with van der Waals surface area (Å²) in [4.78, 5) is 18.8. The van der Waals surface area contributed by atoms with E-state index in [0.717, 1.165) is 16.5 Å². The predicted octanol–water partition coefficient (Wildman–Crippen LogP) is 2.46. The lowest BCUT2D eigenvalue weighted by atomic mass is 10.0. The standard InChI is InChI=1S/C16H12N4O/c1-18-16(21)11-4-2-10(3-5-11)12-6-14-13(7-17)9-20-15(14)19-8-12/h2-6,8-9H,1H3,(H,18,21)(H,19,20). The fraction of sp³-hybridized carbons (Fsp3) is 0.0625. The smallest absolute Gasteiger partial charge is 0.251 e. The van der Waals surface area contributed by atoms with Crippen LogP contribution < -0.4 is 5.32 Å². The number of pyridine rings is 1. The molecule has 0 aliphatic heterocycles. The molecular weight excluding hydrogens is 264 g/mol. The third-order valence-corrected chi connectivity index (χ3v) is 3.36. The number of nitrogens with zero attached hydrogens (tertiary/aromatic N) is 2. The molecule has 21 heavy (non-hydrogen) atoms. The predicted molar refractivity (Wildman–Crippen MR) is 79.6 cm³/mol. The van der Waals surface area contributed by atoms with E-state index in [-0.39, 0.29) is 5.91 Å². The van der Waals surface area contributed by atoms with Gasteiger partial charge in [-0.05, 0) is 23.8 Å². The highest BCUT2D eigenvalue weighted by Crippen LogP contribution is 2.24. The molecule has 1 amide bonds. The Labute approximate surface area is 121 Å². The van der Waals surface area contributed by atoms with Crippen molar-refractivity contribution in [3.05, 3.63) is 53.9 Å². The van der Waals surface area contributed by atoms with Crippen LogP contribution in [-0.2, 0) is 0 Å². The van der Waals surface area contributed by atoms with Gasteiger partial charge >= 0.3 is 0 Å². The molecule has 3 rings (SSSR count). The van der Waals surface area contributed by atoms with Gasteiger partial charge < -0.3 is 10.3 Å². The largest absolute Gasteiger partial charge is 0.355 e. The third kappa shape index (κ3) is 2.23. The van der Waals surface area contributed by atoms with Gasteiger partial charge in [0.15, 0.2) is 0 Å². The van der Waals surface area contributed by atoms with Crippen LogP contribution in [0.5, 0.6) is 0 Å². The van der Waals surface area contributed by atoms with E-state index in [4.69, 9.17) is 5.26 Å². The molecule has 5 heteroatoms. The topological polar surface area (TPSA) is 81.6 Å². The number of hydrogen-bond acceptors (Lipinski definition) is 3. The van der Waals surface area contributed by atoms with Crippen LogP contribution in [0, 0.1) is 11.3 Å². The summed E-state index contributed by atoms with van der Waals surface area (Å²) in [7, 11) is 1.60. The third-order valence-electron chi connectivity index (χ3n) is 3.36. The fourth-order valence-corrected chi connectivity index (χ4v) is 2.21. The minimum Gasteiger partial charge on any atom is -0.355 e. The average Bonchev–Trinajstić information content (AvgIpc) is 2.96. The number of benzene rings is 1. The quantitative estimate of drug-likeness (QED) is 0.754. The van der Waals surface area contributed by atoms with Crippen LogP contribution >= 0.6 is 0 Å². The lowest BCUT2D eigenvalue weighted by Gasteiger charge is -2.04. The number of nitriles is 1. The molecule has 2 aromatic heterocycles. The molecule has 0 saturated carbocycles. The molecule has 102 valence electrons. The Kier molecular flexibility index (Phi) is 3.13. The Morgan fingerprint density at radius 2 is 2.05 bits per heavy atom. The summed E-state index contributed by atoms with van der Waals surface area (Å²) in [6, 6.07) is 11.3. The minimum absolute atomic E-state index is 0.118. The Balaban J connectivity index is 2.04. The number of hydrogen-bond donors (Lipinski definition) is 2. The van der Waals surface area contributed by atoms with Gasteiger partial charge in [0.1, 0.15) is 11.7 Å². The van der Waals surface area contributed by atoms with Gasteiger partial charge in [0, 0.05) is 36.0 Å². The molecule has 5 nitrogen and oxygen atoms in total. The maximum absolute atomic E-state index is 11.5. The Morgan fingerprint density at radius 3 is 2.71 bits per heavy atom. The number of fused-ring (bicyclic) bond motifs is 1. The van der Waals surface area contributed by atoms with Crippen LogP contribution in [0.15, 0.2) is 42.7 Å². The minimum atomic E-state index is -0.118. The molecule has 2 N–H and O–H groups in total. The summed E-state index contributed by atoms with van der Waals surface area (Å²) in [5, 5.41) is 12.4. The number of aromatic amines is 1. The second-order valence-electron chi connectivity index (χ2n) is 4.59. The van der Waals surface area contributed by atoms with Gasteiger partial charge in [-0.25, -0.2) is 4.98 Å². The molecule has 0 fully saturated rings. The SMILES string of the molecule is CNC(=O)c1ccc(-c2cnc3[nH]cc(C#N)c3c2)cc1. The van der Waals surface area contributed by atoms with E-state index in [1.807, 2.05) is 18.2 Å². The Hall–Kier alpha value is -3.13. The number of nitrogens with one attached hydrogen (secondary N) is 2. The highest BCUT2D eigenvalue weighted by molar-refractivity contribution is 5.94. The van der Waals surface area contributed by atoms with Crippen molar-refractivity contribution in [3.63, 3.8) is 0 Å². The molecule has 3 aromatic rings. The van der Waals surface area contributed by atoms with Crippen molar-refractivity contribution >= 4 is 16.9 Å². The van der Waals surface area contributed by atoms with Crippen molar-refractivity contribution in [3.8, 4) is 17.2 Å². The second-order valence-corrected chi connectivity index (χ2v) is 4.59. The normalized spacial score (nSPS) is 10.3. The van der Waals surface area contributed by atoms with E-state index in [2.05, 4.69) is 21.4 Å². The van der Waals surface area contributed by atoms with Crippen LogP contribution in [0.3, 0.4) is 0 Å². The zero-order chi connectivity index (χ0) is 14.8. The van der Waals surface area contributed by atoms with E-state index in [0.29, 0.717) is 16.8 Å². The van der Waals surface area contributed by atoms with Crippen molar-refractivity contribution in [1.82, 2.24) is 15.3 Å². The molecule has 2 heterocycles. The first-order valence-corrected chi connectivity index (χ1v) is 6.42. The highest BCUT2D eigenvalue weighted by Gasteiger charge is 2.08. The summed E-state index contributed by atoms with van der Waals surface area (Å²) in [5.74, 6) is -0.118. The van der Waals surface area contributed by atoms with Crippen molar-refractivity contribution in [2.24, 2.45) is 0 Å². The van der Waals surface area contributed by atoms with E-state index in [9.17, 15) is 4.79 Å². The summed E-state index contributed by atoms with van der Waals surface area (Å²) < 4.78 is 0. The molecule has 0 aliphatic carbocycles. The van der Waals surface area contributed by atoms with E-state index < -0.39 is 0 Å². The molecule has 0 aliphatic rings. The molecule has 0 bridgehead atoms. The van der Waals surface area contributed by atoms with E-state index in [1.54, 1.807) is 31.6 Å². The monoisotopic (exact) mass is 276 g/mol. The van der Waals surface area contributed by atoms with Crippen molar-refractivity contribution in [1.29, 1.82) is 5.26 Å². The van der Waals surface area contributed by atoms with Crippen LogP contribution in [0.25, 0.3) is 22.2 Å². The maximum atomic E-state index is 11.5. The molecule has 0 radical (unpaired) electrons. The summed E-state index contributed by atoms with van der Waals surface area (Å²) in [6.45, 7) is 0. The Bertz CT molecular complexity index is 856.